The molecule has 0 atom stereocenters. The van der Waals surface area contributed by atoms with E-state index >= 15 is 0 Å². The molecular formula is C8H11O4. The first-order valence-corrected chi connectivity index (χ1v) is 3.11. The minimum atomic E-state index is -0.727. The van der Waals surface area contributed by atoms with Gasteiger partial charge in [-0.25, -0.2) is 4.79 Å². The summed E-state index contributed by atoms with van der Waals surface area (Å²) in [7, 11) is 2.41. The molecule has 67 valence electrons. The van der Waals surface area contributed by atoms with Crippen LogP contribution in [0.5, 0.6) is 0 Å². The van der Waals surface area contributed by atoms with Crippen molar-refractivity contribution < 1.29 is 19.4 Å². The SMILES string of the molecule is [CH2][C]([CH2])/C(C(=O)OC)=C(\O)OC. The molecule has 3 radical (unpaired) electrons. The van der Waals surface area contributed by atoms with Crippen molar-refractivity contribution in [3.8, 4) is 0 Å². The molecule has 4 heteroatoms. The van der Waals surface area contributed by atoms with E-state index in [0.717, 1.165) is 0 Å². The molecule has 0 rings (SSSR count). The molecule has 0 unspecified atom stereocenters. The fourth-order valence-corrected chi connectivity index (χ4v) is 0.587. The van der Waals surface area contributed by atoms with Crippen LogP contribution in [0.15, 0.2) is 11.5 Å². The number of carbonyl (C=O) groups excluding carboxylic acids is 1. The van der Waals surface area contributed by atoms with Crippen molar-refractivity contribution in [2.75, 3.05) is 14.2 Å². The van der Waals surface area contributed by atoms with E-state index in [9.17, 15) is 4.79 Å². The maximum atomic E-state index is 10.9. The average Bonchev–Trinajstić information content (AvgIpc) is 2.03. The Morgan fingerprint density at radius 3 is 2.00 bits per heavy atom. The molecule has 0 aromatic rings. The quantitative estimate of drug-likeness (QED) is 0.388. The summed E-state index contributed by atoms with van der Waals surface area (Å²) < 4.78 is 8.79. The Bertz CT molecular complexity index is 193. The highest BCUT2D eigenvalue weighted by molar-refractivity contribution is 5.92. The maximum Gasteiger partial charge on any atom is 0.341 e. The molecule has 0 bridgehead atoms. The van der Waals surface area contributed by atoms with Crippen molar-refractivity contribution in [3.63, 3.8) is 0 Å². The van der Waals surface area contributed by atoms with Crippen LogP contribution in [0.2, 0.25) is 0 Å². The van der Waals surface area contributed by atoms with E-state index in [2.05, 4.69) is 23.3 Å². The minimum Gasteiger partial charge on any atom is -0.481 e. The molecule has 0 aromatic carbocycles. The van der Waals surface area contributed by atoms with Gasteiger partial charge in [-0.2, -0.15) is 0 Å². The van der Waals surface area contributed by atoms with E-state index in [-0.39, 0.29) is 11.5 Å². The third-order valence-electron chi connectivity index (χ3n) is 1.15. The van der Waals surface area contributed by atoms with Crippen LogP contribution in [0, 0.1) is 19.8 Å². The largest absolute Gasteiger partial charge is 0.481 e. The van der Waals surface area contributed by atoms with Crippen LogP contribution < -0.4 is 0 Å². The van der Waals surface area contributed by atoms with Gasteiger partial charge in [0.25, 0.3) is 5.95 Å². The van der Waals surface area contributed by atoms with E-state index in [1.54, 1.807) is 0 Å². The maximum absolute atomic E-state index is 10.9. The zero-order chi connectivity index (χ0) is 9.72. The van der Waals surface area contributed by atoms with E-state index in [0.29, 0.717) is 0 Å². The van der Waals surface area contributed by atoms with Crippen LogP contribution in [0.4, 0.5) is 0 Å². The van der Waals surface area contributed by atoms with Gasteiger partial charge in [-0.05, 0) is 13.8 Å². The van der Waals surface area contributed by atoms with Crippen LogP contribution in [0.1, 0.15) is 0 Å². The van der Waals surface area contributed by atoms with Crippen molar-refractivity contribution in [2.45, 2.75) is 0 Å². The summed E-state index contributed by atoms with van der Waals surface area (Å²) >= 11 is 0. The molecular weight excluding hydrogens is 160 g/mol. The van der Waals surface area contributed by atoms with Crippen molar-refractivity contribution in [1.82, 2.24) is 0 Å². The number of methoxy groups -OCH3 is 2. The molecule has 0 aliphatic heterocycles. The first kappa shape index (κ1) is 10.8. The Labute approximate surface area is 71.8 Å². The standard InChI is InChI=1S/C8H11O4/c1-5(2)6(7(9)11-3)8(10)12-4/h9H,1-2H2,3-4H3/b7-6-. The number of hydrogen-bond donors (Lipinski definition) is 1. The van der Waals surface area contributed by atoms with Gasteiger partial charge in [-0.1, -0.05) is 0 Å². The predicted octanol–water partition coefficient (Wildman–Crippen LogP) is 0.818. The highest BCUT2D eigenvalue weighted by atomic mass is 16.6. The Kier molecular flexibility index (Phi) is 4.18. The Hall–Kier alpha value is -1.19. The number of ether oxygens (including phenoxy) is 2. The Morgan fingerprint density at radius 2 is 1.75 bits per heavy atom. The first-order chi connectivity index (χ1) is 5.54. The topological polar surface area (TPSA) is 55.8 Å². The fourth-order valence-electron chi connectivity index (χ4n) is 0.587. The van der Waals surface area contributed by atoms with Gasteiger partial charge in [0, 0.05) is 5.92 Å². The van der Waals surface area contributed by atoms with Crippen molar-refractivity contribution in [2.24, 2.45) is 0 Å². The van der Waals surface area contributed by atoms with Crippen molar-refractivity contribution in [1.29, 1.82) is 0 Å². The van der Waals surface area contributed by atoms with Crippen LogP contribution in [-0.4, -0.2) is 25.3 Å². The van der Waals surface area contributed by atoms with E-state index < -0.39 is 11.9 Å². The molecule has 0 fully saturated rings. The van der Waals surface area contributed by atoms with Gasteiger partial charge in [0.1, 0.15) is 5.57 Å². The molecule has 0 spiro atoms. The van der Waals surface area contributed by atoms with Crippen molar-refractivity contribution >= 4 is 5.97 Å². The monoisotopic (exact) mass is 171 g/mol. The molecule has 0 aliphatic rings. The van der Waals surface area contributed by atoms with E-state index in [4.69, 9.17) is 5.11 Å². The van der Waals surface area contributed by atoms with Crippen LogP contribution in [0.3, 0.4) is 0 Å². The molecule has 0 heterocycles. The summed E-state index contributed by atoms with van der Waals surface area (Å²) in [6, 6.07) is 0. The highest BCUT2D eigenvalue weighted by Crippen LogP contribution is 2.16. The van der Waals surface area contributed by atoms with E-state index in [1.807, 2.05) is 0 Å². The summed E-state index contributed by atoms with van der Waals surface area (Å²) in [5.41, 5.74) is -0.153. The molecule has 0 amide bonds. The number of hydrogen-bond acceptors (Lipinski definition) is 4. The van der Waals surface area contributed by atoms with Gasteiger partial charge in [-0.3, -0.25) is 0 Å². The van der Waals surface area contributed by atoms with Gasteiger partial charge < -0.3 is 14.6 Å². The third kappa shape index (κ3) is 2.45. The fraction of sp³-hybridized carbons (Fsp3) is 0.250. The average molecular weight is 171 g/mol. The number of rotatable bonds is 3. The summed E-state index contributed by atoms with van der Waals surface area (Å²) in [6.45, 7) is 6.77. The number of aliphatic hydroxyl groups excluding tert-OH is 1. The lowest BCUT2D eigenvalue weighted by molar-refractivity contribution is -0.136. The lowest BCUT2D eigenvalue weighted by Gasteiger charge is -2.09. The molecule has 0 saturated heterocycles. The summed E-state index contributed by atoms with van der Waals surface area (Å²) in [5.74, 6) is -1.13. The number of carbonyl (C=O) groups is 1. The van der Waals surface area contributed by atoms with Crippen LogP contribution in [0.25, 0.3) is 0 Å². The second-order valence-electron chi connectivity index (χ2n) is 1.98. The molecule has 0 aromatic heterocycles. The van der Waals surface area contributed by atoms with E-state index in [1.165, 1.54) is 14.2 Å². The molecule has 0 saturated carbocycles. The third-order valence-corrected chi connectivity index (χ3v) is 1.15. The van der Waals surface area contributed by atoms with Gasteiger partial charge in [0.15, 0.2) is 0 Å². The Morgan fingerprint density at radius 1 is 1.25 bits per heavy atom. The van der Waals surface area contributed by atoms with Gasteiger partial charge in [-0.15, -0.1) is 0 Å². The van der Waals surface area contributed by atoms with Crippen LogP contribution in [-0.2, 0) is 14.3 Å². The zero-order valence-electron chi connectivity index (χ0n) is 7.09. The predicted molar refractivity (Wildman–Crippen MR) is 42.6 cm³/mol. The smallest absolute Gasteiger partial charge is 0.341 e. The van der Waals surface area contributed by atoms with Crippen molar-refractivity contribution in [3.05, 3.63) is 31.3 Å². The highest BCUT2D eigenvalue weighted by Gasteiger charge is 2.20. The molecule has 4 nitrogen and oxygen atoms in total. The van der Waals surface area contributed by atoms with Gasteiger partial charge in [0.2, 0.25) is 0 Å². The second kappa shape index (κ2) is 4.64. The lowest BCUT2D eigenvalue weighted by Crippen LogP contribution is -2.13. The zero-order valence-corrected chi connectivity index (χ0v) is 7.09. The first-order valence-electron chi connectivity index (χ1n) is 3.11. The molecule has 12 heavy (non-hydrogen) atoms. The minimum absolute atomic E-state index is 0.140. The second-order valence-corrected chi connectivity index (χ2v) is 1.98. The lowest BCUT2D eigenvalue weighted by atomic mass is 10.1. The normalized spacial score (nSPS) is 12.4. The molecule has 1 N–H and O–H groups in total. The summed E-state index contributed by atoms with van der Waals surface area (Å²) in [5, 5.41) is 9.05. The van der Waals surface area contributed by atoms with Crippen LogP contribution >= 0.6 is 0 Å². The summed E-state index contributed by atoms with van der Waals surface area (Å²) in [6.07, 6.45) is 0. The summed E-state index contributed by atoms with van der Waals surface area (Å²) in [4.78, 5) is 10.9. The van der Waals surface area contributed by atoms with Gasteiger partial charge in [0.05, 0.1) is 14.2 Å². The number of esters is 1. The van der Waals surface area contributed by atoms with Gasteiger partial charge >= 0.3 is 5.97 Å². The number of aliphatic hydroxyl groups is 1. The molecule has 0 aliphatic carbocycles. The Balaban J connectivity index is 4.78.